The third-order valence-electron chi connectivity index (χ3n) is 3.92. The lowest BCUT2D eigenvalue weighted by molar-refractivity contribution is -0.137. The maximum atomic E-state index is 13.3. The lowest BCUT2D eigenvalue weighted by Gasteiger charge is -2.10. The Balaban J connectivity index is 1.76. The van der Waals surface area contributed by atoms with Gasteiger partial charge in [-0.05, 0) is 37.3 Å². The van der Waals surface area contributed by atoms with Crippen LogP contribution in [0.2, 0.25) is 0 Å². The Morgan fingerprint density at radius 1 is 1.14 bits per heavy atom. The van der Waals surface area contributed by atoms with E-state index in [1.807, 2.05) is 0 Å². The molecule has 3 rings (SSSR count). The van der Waals surface area contributed by atoms with Crippen molar-refractivity contribution in [3.63, 3.8) is 0 Å². The number of rotatable bonds is 5. The van der Waals surface area contributed by atoms with E-state index in [1.165, 1.54) is 19.1 Å². The zero-order valence-electron chi connectivity index (χ0n) is 14.8. The predicted molar refractivity (Wildman–Crippen MR) is 91.3 cm³/mol. The van der Waals surface area contributed by atoms with Crippen LogP contribution in [-0.4, -0.2) is 11.1 Å². The van der Waals surface area contributed by atoms with Crippen molar-refractivity contribution in [2.75, 3.05) is 5.32 Å². The smallest absolute Gasteiger partial charge is 0.416 e. The Hall–Kier alpha value is -3.43. The molecule has 0 aliphatic carbocycles. The Kier molecular flexibility index (Phi) is 5.53. The van der Waals surface area contributed by atoms with Gasteiger partial charge in [0, 0.05) is 11.8 Å². The largest absolute Gasteiger partial charge is 0.489 e. The fourth-order valence-electron chi connectivity index (χ4n) is 2.42. The van der Waals surface area contributed by atoms with Crippen molar-refractivity contribution in [1.29, 1.82) is 0 Å². The van der Waals surface area contributed by atoms with E-state index in [0.717, 1.165) is 30.3 Å². The van der Waals surface area contributed by atoms with Crippen LogP contribution >= 0.6 is 0 Å². The molecule has 0 saturated carbocycles. The molecule has 0 aliphatic rings. The third-order valence-corrected chi connectivity index (χ3v) is 3.92. The second-order valence-corrected chi connectivity index (χ2v) is 5.96. The number of alkyl halides is 3. The summed E-state index contributed by atoms with van der Waals surface area (Å²) in [6.07, 6.45) is -4.53. The average molecular weight is 412 g/mol. The van der Waals surface area contributed by atoms with Crippen LogP contribution in [0.1, 0.15) is 27.4 Å². The first-order chi connectivity index (χ1) is 13.6. The SMILES string of the molecule is Cc1onc(C(=O)Nc2ccc(F)c(F)c2)c1COc1cccc(C(F)(F)F)c1. The van der Waals surface area contributed by atoms with E-state index in [-0.39, 0.29) is 35.1 Å². The number of benzene rings is 2. The molecule has 1 heterocycles. The van der Waals surface area contributed by atoms with E-state index in [1.54, 1.807) is 0 Å². The van der Waals surface area contributed by atoms with E-state index in [0.29, 0.717) is 0 Å². The number of nitrogens with zero attached hydrogens (tertiary/aromatic N) is 1. The van der Waals surface area contributed by atoms with Crippen LogP contribution in [0.25, 0.3) is 0 Å². The molecule has 0 aliphatic heterocycles. The van der Waals surface area contributed by atoms with Crippen LogP contribution in [0.15, 0.2) is 47.0 Å². The molecule has 0 fully saturated rings. The molecule has 0 radical (unpaired) electrons. The molecule has 1 aromatic heterocycles. The molecule has 152 valence electrons. The number of nitrogens with one attached hydrogen (secondary N) is 1. The summed E-state index contributed by atoms with van der Waals surface area (Å²) in [7, 11) is 0. The number of aryl methyl sites for hydroxylation is 1. The number of aromatic nitrogens is 1. The standard InChI is InChI=1S/C19H13F5N2O3/c1-10-14(9-28-13-4-2-3-11(7-13)19(22,23)24)17(26-29-10)18(27)25-12-5-6-15(20)16(21)8-12/h2-8H,9H2,1H3,(H,25,27). The van der Waals surface area contributed by atoms with Gasteiger partial charge >= 0.3 is 6.18 Å². The van der Waals surface area contributed by atoms with Gasteiger partial charge in [-0.2, -0.15) is 13.2 Å². The van der Waals surface area contributed by atoms with Gasteiger partial charge in [-0.15, -0.1) is 0 Å². The van der Waals surface area contributed by atoms with Crippen LogP contribution in [0.5, 0.6) is 5.75 Å². The first-order valence-corrected chi connectivity index (χ1v) is 8.17. The van der Waals surface area contributed by atoms with Gasteiger partial charge < -0.3 is 14.6 Å². The number of hydrogen-bond acceptors (Lipinski definition) is 4. The lowest BCUT2D eigenvalue weighted by atomic mass is 10.2. The van der Waals surface area contributed by atoms with E-state index < -0.39 is 29.3 Å². The Morgan fingerprint density at radius 3 is 2.59 bits per heavy atom. The van der Waals surface area contributed by atoms with E-state index in [4.69, 9.17) is 9.26 Å². The van der Waals surface area contributed by atoms with Crippen molar-refractivity contribution < 1.29 is 36.0 Å². The van der Waals surface area contributed by atoms with Crippen molar-refractivity contribution in [1.82, 2.24) is 5.16 Å². The fourth-order valence-corrected chi connectivity index (χ4v) is 2.42. The summed E-state index contributed by atoms with van der Waals surface area (Å²) in [6.45, 7) is 1.20. The summed E-state index contributed by atoms with van der Waals surface area (Å²) in [5, 5.41) is 5.94. The van der Waals surface area contributed by atoms with Crippen molar-refractivity contribution >= 4 is 11.6 Å². The highest BCUT2D eigenvalue weighted by Gasteiger charge is 2.30. The van der Waals surface area contributed by atoms with Gasteiger partial charge in [0.15, 0.2) is 17.3 Å². The molecule has 0 atom stereocenters. The molecule has 2 aromatic carbocycles. The van der Waals surface area contributed by atoms with Gasteiger partial charge in [-0.1, -0.05) is 11.2 Å². The van der Waals surface area contributed by atoms with Gasteiger partial charge in [0.1, 0.15) is 18.1 Å². The molecular weight excluding hydrogens is 399 g/mol. The summed E-state index contributed by atoms with van der Waals surface area (Å²) in [6, 6.07) is 7.04. The molecule has 10 heteroatoms. The highest BCUT2D eigenvalue weighted by molar-refractivity contribution is 6.03. The minimum absolute atomic E-state index is 0.0145. The van der Waals surface area contributed by atoms with Gasteiger partial charge in [-0.25, -0.2) is 8.78 Å². The summed E-state index contributed by atoms with van der Waals surface area (Å²) in [5.74, 6) is -2.85. The van der Waals surface area contributed by atoms with E-state index in [2.05, 4.69) is 10.5 Å². The number of amides is 1. The third kappa shape index (κ3) is 4.71. The molecule has 0 bridgehead atoms. The van der Waals surface area contributed by atoms with Crippen molar-refractivity contribution in [3.05, 3.63) is 76.7 Å². The molecular formula is C19H13F5N2O3. The summed E-state index contributed by atoms with van der Waals surface area (Å²) in [4.78, 5) is 12.4. The van der Waals surface area contributed by atoms with Crippen molar-refractivity contribution in [2.24, 2.45) is 0 Å². The topological polar surface area (TPSA) is 64.4 Å². The molecule has 0 unspecified atom stereocenters. The van der Waals surface area contributed by atoms with Crippen LogP contribution < -0.4 is 10.1 Å². The molecule has 0 spiro atoms. The molecule has 5 nitrogen and oxygen atoms in total. The number of carbonyl (C=O) groups excluding carboxylic acids is 1. The van der Waals surface area contributed by atoms with Crippen molar-refractivity contribution in [3.8, 4) is 5.75 Å². The number of halogens is 5. The highest BCUT2D eigenvalue weighted by Crippen LogP contribution is 2.31. The van der Waals surface area contributed by atoms with Gasteiger partial charge in [0.2, 0.25) is 0 Å². The zero-order chi connectivity index (χ0) is 21.2. The summed E-state index contributed by atoms with van der Waals surface area (Å²) in [5.41, 5.74) is -0.894. The maximum Gasteiger partial charge on any atom is 0.416 e. The molecule has 0 saturated heterocycles. The zero-order valence-corrected chi connectivity index (χ0v) is 14.8. The first-order valence-electron chi connectivity index (χ1n) is 8.17. The normalized spacial score (nSPS) is 11.4. The Morgan fingerprint density at radius 2 is 1.90 bits per heavy atom. The van der Waals surface area contributed by atoms with Crippen LogP contribution in [0.3, 0.4) is 0 Å². The van der Waals surface area contributed by atoms with Crippen LogP contribution in [0.4, 0.5) is 27.6 Å². The summed E-state index contributed by atoms with van der Waals surface area (Å²) >= 11 is 0. The Bertz CT molecular complexity index is 1050. The monoisotopic (exact) mass is 412 g/mol. The second-order valence-electron chi connectivity index (χ2n) is 5.96. The van der Waals surface area contributed by atoms with Gasteiger partial charge in [0.05, 0.1) is 11.1 Å². The minimum Gasteiger partial charge on any atom is -0.489 e. The van der Waals surface area contributed by atoms with E-state index >= 15 is 0 Å². The maximum absolute atomic E-state index is 13.3. The average Bonchev–Trinajstić information content (AvgIpc) is 3.03. The molecule has 1 amide bonds. The second kappa shape index (κ2) is 7.90. The number of carbonyl (C=O) groups is 1. The number of anilines is 1. The van der Waals surface area contributed by atoms with Gasteiger partial charge in [0.25, 0.3) is 5.91 Å². The Labute approximate surface area is 161 Å². The van der Waals surface area contributed by atoms with E-state index in [9.17, 15) is 26.7 Å². The molecule has 1 N–H and O–H groups in total. The van der Waals surface area contributed by atoms with Crippen LogP contribution in [-0.2, 0) is 12.8 Å². The van der Waals surface area contributed by atoms with Crippen molar-refractivity contribution in [2.45, 2.75) is 19.7 Å². The quantitative estimate of drug-likeness (QED) is 0.592. The van der Waals surface area contributed by atoms with Gasteiger partial charge in [-0.3, -0.25) is 4.79 Å². The number of hydrogen-bond donors (Lipinski definition) is 1. The molecule has 29 heavy (non-hydrogen) atoms. The summed E-state index contributed by atoms with van der Waals surface area (Å²) < 4.78 is 75.0. The lowest BCUT2D eigenvalue weighted by Crippen LogP contribution is -2.15. The predicted octanol–water partition coefficient (Wildman–Crippen LogP) is 5.11. The molecule has 3 aromatic rings. The minimum atomic E-state index is -4.53. The van der Waals surface area contributed by atoms with Crippen LogP contribution in [0, 0.1) is 18.6 Å². The first kappa shape index (κ1) is 20.3. The fraction of sp³-hybridized carbons (Fsp3) is 0.158. The highest BCUT2D eigenvalue weighted by atomic mass is 19.4. The number of ether oxygens (including phenoxy) is 1.